The molecule has 1 aromatic rings. The van der Waals surface area contributed by atoms with Gasteiger partial charge in [-0.3, -0.25) is 10.1 Å². The normalized spacial score (nSPS) is 16.3. The van der Waals surface area contributed by atoms with Crippen LogP contribution in [0, 0.1) is 10.1 Å². The van der Waals surface area contributed by atoms with E-state index in [2.05, 4.69) is 4.74 Å². The second kappa shape index (κ2) is 6.51. The van der Waals surface area contributed by atoms with Crippen LogP contribution in [0.2, 0.25) is 0 Å². The SMILES string of the molecule is [2H]C([2H])=C([2H])OC(=O)C([2H])(C)OCc1ccccc1[N+](=O)[O-]. The van der Waals surface area contributed by atoms with Crippen molar-refractivity contribution in [3.63, 3.8) is 0 Å². The Labute approximate surface area is 110 Å². The molecule has 0 aromatic heterocycles. The molecular weight excluding hydrogens is 238 g/mol. The Balaban J connectivity index is 2.80. The number of esters is 1. The summed E-state index contributed by atoms with van der Waals surface area (Å²) in [7, 11) is 0. The lowest BCUT2D eigenvalue weighted by Crippen LogP contribution is -2.21. The molecule has 0 saturated heterocycles. The summed E-state index contributed by atoms with van der Waals surface area (Å²) in [6, 6.07) is 5.69. The number of hydrogen-bond donors (Lipinski definition) is 0. The molecule has 6 nitrogen and oxygen atoms in total. The summed E-state index contributed by atoms with van der Waals surface area (Å²) < 4.78 is 37.7. The summed E-state index contributed by atoms with van der Waals surface area (Å²) in [5.41, 5.74) is -0.0468. The van der Waals surface area contributed by atoms with Crippen molar-refractivity contribution in [1.82, 2.24) is 0 Å². The van der Waals surface area contributed by atoms with E-state index in [9.17, 15) is 14.9 Å². The van der Waals surface area contributed by atoms with Gasteiger partial charge in [0, 0.05) is 6.07 Å². The van der Waals surface area contributed by atoms with Gasteiger partial charge in [0.25, 0.3) is 5.69 Å². The third-order valence-electron chi connectivity index (χ3n) is 2.06. The van der Waals surface area contributed by atoms with Crippen LogP contribution in [-0.4, -0.2) is 17.0 Å². The number of carbonyl (C=O) groups excluding carboxylic acids is 1. The van der Waals surface area contributed by atoms with Crippen LogP contribution in [0.4, 0.5) is 5.69 Å². The predicted octanol–water partition coefficient (Wildman–Crippen LogP) is 2.19. The monoisotopic (exact) mass is 255 g/mol. The average molecular weight is 255 g/mol. The van der Waals surface area contributed by atoms with Crippen molar-refractivity contribution >= 4 is 11.7 Å². The fraction of sp³-hybridized carbons (Fsp3) is 0.250. The molecule has 18 heavy (non-hydrogen) atoms. The van der Waals surface area contributed by atoms with Gasteiger partial charge in [-0.2, -0.15) is 0 Å². The van der Waals surface area contributed by atoms with Crippen molar-refractivity contribution in [3.8, 4) is 0 Å². The molecule has 0 aliphatic heterocycles. The molecule has 0 spiro atoms. The highest BCUT2D eigenvalue weighted by Gasteiger charge is 2.17. The van der Waals surface area contributed by atoms with Gasteiger partial charge in [0.2, 0.25) is 0 Å². The molecule has 0 N–H and O–H groups in total. The van der Waals surface area contributed by atoms with Crippen molar-refractivity contribution in [3.05, 3.63) is 52.7 Å². The second-order valence-electron chi connectivity index (χ2n) is 3.22. The maximum atomic E-state index is 11.6. The van der Waals surface area contributed by atoms with Gasteiger partial charge in [-0.15, -0.1) is 0 Å². The van der Waals surface area contributed by atoms with Gasteiger partial charge in [-0.05, 0) is 13.0 Å². The van der Waals surface area contributed by atoms with Crippen molar-refractivity contribution < 1.29 is 24.7 Å². The van der Waals surface area contributed by atoms with Crippen molar-refractivity contribution in [2.24, 2.45) is 0 Å². The van der Waals surface area contributed by atoms with E-state index in [0.29, 0.717) is 0 Å². The van der Waals surface area contributed by atoms with E-state index in [4.69, 9.17) is 10.2 Å². The Morgan fingerprint density at radius 2 is 2.50 bits per heavy atom. The standard InChI is InChI=1S/C12H13NO5/c1-3-17-12(14)9(2)18-8-10-6-4-5-7-11(10)13(15)16/h3-7,9H,1,8H2,2H3/i1D2,3D,9D. The molecule has 6 heteroatoms. The Hall–Kier alpha value is -2.21. The van der Waals surface area contributed by atoms with E-state index < -0.39 is 36.3 Å². The smallest absolute Gasteiger partial charge is 0.339 e. The van der Waals surface area contributed by atoms with Crippen molar-refractivity contribution in [2.45, 2.75) is 19.6 Å². The van der Waals surface area contributed by atoms with Gasteiger partial charge >= 0.3 is 5.97 Å². The van der Waals surface area contributed by atoms with Gasteiger partial charge in [0.15, 0.2) is 6.08 Å². The highest BCUT2D eigenvalue weighted by atomic mass is 16.6. The van der Waals surface area contributed by atoms with Crippen LogP contribution < -0.4 is 0 Å². The van der Waals surface area contributed by atoms with Gasteiger partial charge in [0.05, 0.1) is 27.4 Å². The second-order valence-corrected chi connectivity index (χ2v) is 3.22. The number of ether oxygens (including phenoxy) is 2. The summed E-state index contributed by atoms with van der Waals surface area (Å²) in [4.78, 5) is 21.9. The van der Waals surface area contributed by atoms with Crippen LogP contribution in [0.5, 0.6) is 0 Å². The van der Waals surface area contributed by atoms with E-state index in [1.807, 2.05) is 0 Å². The molecule has 0 bridgehead atoms. The minimum atomic E-state index is -2.24. The number of para-hydroxylation sites is 1. The molecule has 1 atom stereocenters. The topological polar surface area (TPSA) is 78.7 Å². The Kier molecular flexibility index (Phi) is 3.19. The molecular formula is C12H13NO5. The summed E-state index contributed by atoms with van der Waals surface area (Å²) in [6.45, 7) is -0.383. The molecule has 0 fully saturated rings. The first-order valence-electron chi connectivity index (χ1n) is 6.87. The van der Waals surface area contributed by atoms with E-state index in [0.717, 1.165) is 6.92 Å². The molecule has 0 saturated carbocycles. The first-order valence-corrected chi connectivity index (χ1v) is 4.87. The number of hydrogen-bond acceptors (Lipinski definition) is 5. The van der Waals surface area contributed by atoms with Gasteiger partial charge < -0.3 is 9.47 Å². The lowest BCUT2D eigenvalue weighted by atomic mass is 10.2. The quantitative estimate of drug-likeness (QED) is 0.337. The van der Waals surface area contributed by atoms with Crippen LogP contribution in [0.3, 0.4) is 0 Å². The summed E-state index contributed by atoms with van der Waals surface area (Å²) >= 11 is 0. The maximum absolute atomic E-state index is 11.6. The highest BCUT2D eigenvalue weighted by molar-refractivity contribution is 5.74. The molecule has 0 amide bonds. The highest BCUT2D eigenvalue weighted by Crippen LogP contribution is 2.19. The molecule has 0 radical (unpaired) electrons. The van der Waals surface area contributed by atoms with Crippen LogP contribution >= 0.6 is 0 Å². The molecule has 1 rings (SSSR count). The van der Waals surface area contributed by atoms with E-state index in [1.54, 1.807) is 6.07 Å². The van der Waals surface area contributed by atoms with E-state index >= 15 is 0 Å². The first kappa shape index (κ1) is 8.82. The number of nitrogens with zero attached hydrogens (tertiary/aromatic N) is 1. The Bertz CT molecular complexity index is 613. The maximum Gasteiger partial charge on any atom is 0.339 e. The number of benzene rings is 1. The molecule has 0 aliphatic carbocycles. The molecule has 1 aromatic carbocycles. The lowest BCUT2D eigenvalue weighted by Gasteiger charge is -2.10. The zero-order valence-electron chi connectivity index (χ0n) is 13.5. The third-order valence-corrected chi connectivity index (χ3v) is 2.06. The largest absolute Gasteiger partial charge is 0.433 e. The molecule has 96 valence electrons. The summed E-state index contributed by atoms with van der Waals surface area (Å²) in [5, 5.41) is 10.8. The van der Waals surface area contributed by atoms with Crippen LogP contribution in [0.15, 0.2) is 37.0 Å². The Morgan fingerprint density at radius 1 is 1.78 bits per heavy atom. The zero-order valence-corrected chi connectivity index (χ0v) is 9.50. The van der Waals surface area contributed by atoms with Gasteiger partial charge in [-0.25, -0.2) is 4.79 Å². The van der Waals surface area contributed by atoms with Crippen molar-refractivity contribution in [2.75, 3.05) is 0 Å². The minimum Gasteiger partial charge on any atom is -0.433 e. The van der Waals surface area contributed by atoms with E-state index in [1.165, 1.54) is 18.2 Å². The predicted molar refractivity (Wildman–Crippen MR) is 63.6 cm³/mol. The first-order chi connectivity index (χ1) is 10.1. The van der Waals surface area contributed by atoms with Crippen molar-refractivity contribution in [1.29, 1.82) is 0 Å². The zero-order chi connectivity index (χ0) is 16.9. The number of rotatable bonds is 6. The fourth-order valence-electron chi connectivity index (χ4n) is 1.17. The molecule has 1 unspecified atom stereocenters. The minimum absolute atomic E-state index is 0.169. The number of nitro groups is 1. The summed E-state index contributed by atoms with van der Waals surface area (Å²) in [6.07, 6.45) is -3.26. The Morgan fingerprint density at radius 3 is 3.17 bits per heavy atom. The van der Waals surface area contributed by atoms with Gasteiger partial charge in [-0.1, -0.05) is 18.7 Å². The number of carbonyl (C=O) groups is 1. The average Bonchev–Trinajstić information content (AvgIpc) is 2.45. The number of nitro benzene ring substituents is 1. The third kappa shape index (κ3) is 3.67. The molecule has 0 aliphatic rings. The summed E-state index contributed by atoms with van der Waals surface area (Å²) in [5.74, 6) is -1.30. The van der Waals surface area contributed by atoms with Crippen LogP contribution in [0.1, 0.15) is 18.0 Å². The lowest BCUT2D eigenvalue weighted by molar-refractivity contribution is -0.386. The fourth-order valence-corrected chi connectivity index (χ4v) is 1.17. The van der Waals surface area contributed by atoms with Crippen LogP contribution in [0.25, 0.3) is 0 Å². The van der Waals surface area contributed by atoms with Gasteiger partial charge in [0.1, 0.15) is 1.37 Å². The van der Waals surface area contributed by atoms with E-state index in [-0.39, 0.29) is 11.3 Å². The van der Waals surface area contributed by atoms with Crippen LogP contribution in [-0.2, 0) is 20.9 Å². The molecule has 0 heterocycles.